The lowest BCUT2D eigenvalue weighted by atomic mass is 9.98. The van der Waals surface area contributed by atoms with E-state index < -0.39 is 23.4 Å². The molecule has 0 bridgehead atoms. The number of hydrogen-bond donors (Lipinski definition) is 2. The third kappa shape index (κ3) is 4.36. The predicted octanol–water partition coefficient (Wildman–Crippen LogP) is 4.08. The van der Waals surface area contributed by atoms with E-state index in [-0.39, 0.29) is 11.6 Å². The summed E-state index contributed by atoms with van der Waals surface area (Å²) in [5, 5.41) is 12.7. The van der Waals surface area contributed by atoms with Gasteiger partial charge in [-0.15, -0.1) is 0 Å². The highest BCUT2D eigenvalue weighted by atomic mass is 19.1. The summed E-state index contributed by atoms with van der Waals surface area (Å²) >= 11 is 0. The minimum atomic E-state index is -1.62. The van der Waals surface area contributed by atoms with E-state index in [0.29, 0.717) is 24.5 Å². The third-order valence-corrected chi connectivity index (χ3v) is 5.23. The van der Waals surface area contributed by atoms with E-state index in [0.717, 1.165) is 29.7 Å². The topological polar surface area (TPSA) is 74.2 Å². The molecule has 0 aliphatic carbocycles. The fraction of sp³-hybridized carbons (Fsp3) is 0.227. The lowest BCUT2D eigenvalue weighted by molar-refractivity contribution is 0.196. The molecule has 4 rings (SSSR count). The van der Waals surface area contributed by atoms with Gasteiger partial charge in [0, 0.05) is 19.3 Å². The van der Waals surface area contributed by atoms with Gasteiger partial charge in [0.1, 0.15) is 17.5 Å². The number of aromatic nitrogens is 3. The molecule has 1 atom stereocenters. The second kappa shape index (κ2) is 8.73. The number of nitrogens with zero attached hydrogens (tertiary/aromatic N) is 4. The van der Waals surface area contributed by atoms with Crippen LogP contribution in [0.1, 0.15) is 30.8 Å². The number of aliphatic hydroxyl groups is 1. The summed E-state index contributed by atoms with van der Waals surface area (Å²) < 4.78 is 41.8. The zero-order chi connectivity index (χ0) is 22.0. The molecule has 0 saturated carbocycles. The summed E-state index contributed by atoms with van der Waals surface area (Å²) in [7, 11) is 0. The molecule has 9 heteroatoms. The number of anilines is 2. The van der Waals surface area contributed by atoms with Gasteiger partial charge in [-0.2, -0.15) is 0 Å². The van der Waals surface area contributed by atoms with Gasteiger partial charge < -0.3 is 15.3 Å². The number of rotatable bonds is 5. The van der Waals surface area contributed by atoms with Gasteiger partial charge in [0.15, 0.2) is 12.0 Å². The van der Waals surface area contributed by atoms with Crippen molar-refractivity contribution in [3.8, 4) is 0 Å². The van der Waals surface area contributed by atoms with Crippen LogP contribution in [0.25, 0.3) is 5.57 Å². The summed E-state index contributed by atoms with van der Waals surface area (Å²) in [6, 6.07) is 4.98. The van der Waals surface area contributed by atoms with E-state index in [9.17, 15) is 18.3 Å². The predicted molar refractivity (Wildman–Crippen MR) is 111 cm³/mol. The molecule has 3 heterocycles. The standard InChI is InChI=1S/C22H20F3N5O/c1-13-6-8-30(19-5-7-26-9-17(19)25)12-14(13)18-10-28-20(11-27-18)29-22(31)21-15(23)3-2-4-16(21)24/h2-5,7,9-11,22,31H,6,8,12H2,1H3,(H,28,29). The molecule has 0 amide bonds. The van der Waals surface area contributed by atoms with Crippen LogP contribution in [-0.4, -0.2) is 33.1 Å². The summed E-state index contributed by atoms with van der Waals surface area (Å²) in [6.45, 7) is 3.12. The van der Waals surface area contributed by atoms with Crippen molar-refractivity contribution in [2.75, 3.05) is 23.3 Å². The fourth-order valence-corrected chi connectivity index (χ4v) is 3.53. The minimum Gasteiger partial charge on any atom is -0.369 e. The highest BCUT2D eigenvalue weighted by molar-refractivity contribution is 5.72. The summed E-state index contributed by atoms with van der Waals surface area (Å²) in [5.41, 5.74) is 2.63. The molecule has 1 aromatic carbocycles. The molecule has 0 fully saturated rings. The lowest BCUT2D eigenvalue weighted by Gasteiger charge is -2.31. The van der Waals surface area contributed by atoms with Gasteiger partial charge in [-0.3, -0.25) is 9.97 Å². The van der Waals surface area contributed by atoms with Crippen molar-refractivity contribution in [2.45, 2.75) is 19.6 Å². The van der Waals surface area contributed by atoms with Gasteiger partial charge in [0.25, 0.3) is 0 Å². The monoisotopic (exact) mass is 427 g/mol. The maximum atomic E-state index is 14.1. The maximum Gasteiger partial charge on any atom is 0.164 e. The fourth-order valence-electron chi connectivity index (χ4n) is 3.53. The summed E-state index contributed by atoms with van der Waals surface area (Å²) in [5.74, 6) is -1.96. The Labute approximate surface area is 177 Å². The largest absolute Gasteiger partial charge is 0.369 e. The molecule has 160 valence electrons. The van der Waals surface area contributed by atoms with E-state index in [1.165, 1.54) is 24.7 Å². The molecule has 0 saturated heterocycles. The van der Waals surface area contributed by atoms with Crippen molar-refractivity contribution in [3.63, 3.8) is 0 Å². The molecule has 6 nitrogen and oxygen atoms in total. The number of benzene rings is 1. The Morgan fingerprint density at radius 2 is 1.81 bits per heavy atom. The van der Waals surface area contributed by atoms with Gasteiger partial charge >= 0.3 is 0 Å². The molecule has 0 spiro atoms. The quantitative estimate of drug-likeness (QED) is 0.598. The van der Waals surface area contributed by atoms with E-state index >= 15 is 0 Å². The zero-order valence-corrected chi connectivity index (χ0v) is 16.7. The first-order valence-electron chi connectivity index (χ1n) is 9.68. The van der Waals surface area contributed by atoms with Crippen molar-refractivity contribution in [1.82, 2.24) is 15.0 Å². The summed E-state index contributed by atoms with van der Waals surface area (Å²) in [6.07, 6.45) is 4.74. The molecule has 2 aromatic heterocycles. The first kappa shape index (κ1) is 20.8. The zero-order valence-electron chi connectivity index (χ0n) is 16.7. The molecular weight excluding hydrogens is 407 g/mol. The molecule has 1 aliphatic rings. The van der Waals surface area contributed by atoms with Gasteiger partial charge in [0.2, 0.25) is 0 Å². The Hall–Kier alpha value is -3.46. The SMILES string of the molecule is CC1=C(c2cnc(NC(O)c3c(F)cccc3F)cn2)CN(c2ccncc2F)CC1. The third-order valence-electron chi connectivity index (χ3n) is 5.23. The lowest BCUT2D eigenvalue weighted by Crippen LogP contribution is -2.31. The van der Waals surface area contributed by atoms with Gasteiger partial charge in [-0.25, -0.2) is 18.2 Å². The normalized spacial score (nSPS) is 15.2. The smallest absolute Gasteiger partial charge is 0.164 e. The van der Waals surface area contributed by atoms with Crippen LogP contribution < -0.4 is 10.2 Å². The molecule has 31 heavy (non-hydrogen) atoms. The molecule has 0 radical (unpaired) electrons. The first-order chi connectivity index (χ1) is 14.9. The first-order valence-corrected chi connectivity index (χ1v) is 9.68. The van der Waals surface area contributed by atoms with Crippen molar-refractivity contribution >= 4 is 17.1 Å². The van der Waals surface area contributed by atoms with Crippen LogP contribution in [0.15, 0.2) is 54.6 Å². The Bertz CT molecular complexity index is 1100. The van der Waals surface area contributed by atoms with Gasteiger partial charge in [-0.05, 0) is 37.1 Å². The van der Waals surface area contributed by atoms with Crippen LogP contribution in [-0.2, 0) is 0 Å². The van der Waals surface area contributed by atoms with Crippen LogP contribution in [0.2, 0.25) is 0 Å². The highest BCUT2D eigenvalue weighted by Crippen LogP contribution is 2.30. The summed E-state index contributed by atoms with van der Waals surface area (Å²) in [4.78, 5) is 14.3. The second-order valence-electron chi connectivity index (χ2n) is 7.23. The Morgan fingerprint density at radius 1 is 1.03 bits per heavy atom. The average molecular weight is 427 g/mol. The molecule has 3 aromatic rings. The van der Waals surface area contributed by atoms with Gasteiger partial charge in [-0.1, -0.05) is 11.6 Å². The van der Waals surface area contributed by atoms with E-state index in [1.54, 1.807) is 12.3 Å². The van der Waals surface area contributed by atoms with E-state index in [2.05, 4.69) is 20.3 Å². The Balaban J connectivity index is 1.51. The van der Waals surface area contributed by atoms with Crippen LogP contribution in [0.4, 0.5) is 24.7 Å². The Kier molecular flexibility index (Phi) is 5.85. The van der Waals surface area contributed by atoms with Crippen LogP contribution in [0, 0.1) is 17.5 Å². The van der Waals surface area contributed by atoms with E-state index in [1.807, 2.05) is 11.8 Å². The van der Waals surface area contributed by atoms with Crippen molar-refractivity contribution in [1.29, 1.82) is 0 Å². The highest BCUT2D eigenvalue weighted by Gasteiger charge is 2.22. The number of halogens is 3. The maximum absolute atomic E-state index is 14.1. The molecule has 2 N–H and O–H groups in total. The minimum absolute atomic E-state index is 0.157. The van der Waals surface area contributed by atoms with Crippen molar-refractivity contribution in [3.05, 3.63) is 83.3 Å². The number of hydrogen-bond acceptors (Lipinski definition) is 6. The average Bonchev–Trinajstić information content (AvgIpc) is 2.75. The van der Waals surface area contributed by atoms with Crippen LogP contribution >= 0.6 is 0 Å². The molecule has 1 unspecified atom stereocenters. The Morgan fingerprint density at radius 3 is 2.48 bits per heavy atom. The second-order valence-corrected chi connectivity index (χ2v) is 7.23. The van der Waals surface area contributed by atoms with Crippen molar-refractivity contribution in [2.24, 2.45) is 0 Å². The number of aliphatic hydroxyl groups excluding tert-OH is 1. The molecular formula is C22H20F3N5O. The molecule has 1 aliphatic heterocycles. The number of nitrogens with one attached hydrogen (secondary N) is 1. The number of pyridine rings is 1. The van der Waals surface area contributed by atoms with E-state index in [4.69, 9.17) is 0 Å². The van der Waals surface area contributed by atoms with Crippen LogP contribution in [0.5, 0.6) is 0 Å². The van der Waals surface area contributed by atoms with Gasteiger partial charge in [0.05, 0.1) is 35.5 Å². The van der Waals surface area contributed by atoms with Crippen LogP contribution in [0.3, 0.4) is 0 Å². The van der Waals surface area contributed by atoms with Crippen molar-refractivity contribution < 1.29 is 18.3 Å².